The maximum absolute atomic E-state index is 8.76. The molecule has 0 bridgehead atoms. The van der Waals surface area contributed by atoms with Crippen LogP contribution in [0.25, 0.3) is 0 Å². The van der Waals surface area contributed by atoms with Crippen molar-refractivity contribution >= 4 is 90.3 Å². The molecule has 6 heteroatoms. The summed E-state index contributed by atoms with van der Waals surface area (Å²) in [7, 11) is 0. The fraction of sp³-hybridized carbons (Fsp3) is 0. The molecule has 6 heavy (non-hydrogen) atoms. The van der Waals surface area contributed by atoms with Gasteiger partial charge in [-0.05, 0) is 0 Å². The Bertz CT molecular complexity index is 33.8. The van der Waals surface area contributed by atoms with E-state index in [1.807, 2.05) is 0 Å². The summed E-state index contributed by atoms with van der Waals surface area (Å²) in [4.78, 5) is 0. The molecule has 0 aromatic heterocycles. The van der Waals surface area contributed by atoms with Gasteiger partial charge >= 0.3 is 103 Å². The summed E-state index contributed by atoms with van der Waals surface area (Å²) in [5.41, 5.74) is 0. The molecule has 0 aromatic rings. The summed E-state index contributed by atoms with van der Waals surface area (Å²) in [6, 6.07) is 0. The van der Waals surface area contributed by atoms with Gasteiger partial charge in [0, 0.05) is 0 Å². The van der Waals surface area contributed by atoms with Gasteiger partial charge in [-0.15, -0.1) is 0 Å². The summed E-state index contributed by atoms with van der Waals surface area (Å²) in [5.74, 6) is 0. The molecule has 0 atom stereocenters. The van der Waals surface area contributed by atoms with E-state index in [2.05, 4.69) is 0 Å². The van der Waals surface area contributed by atoms with Crippen LogP contribution in [-0.4, -0.2) is 98.7 Å². The van der Waals surface area contributed by atoms with Crippen molar-refractivity contribution in [2.75, 3.05) is 0 Å². The monoisotopic (exact) mass is 294 g/mol. The molecule has 0 rings (SSSR count). The molecule has 0 radical (unpaired) electrons. The van der Waals surface area contributed by atoms with Crippen molar-refractivity contribution in [1.82, 2.24) is 0 Å². The van der Waals surface area contributed by atoms with E-state index in [0.29, 0.717) is 0 Å². The van der Waals surface area contributed by atoms with Gasteiger partial charge in [-0.3, -0.25) is 0 Å². The minimum atomic E-state index is -3.29. The van der Waals surface area contributed by atoms with Crippen molar-refractivity contribution in [2.45, 2.75) is 0 Å². The third-order valence-electron chi connectivity index (χ3n) is 0. The van der Waals surface area contributed by atoms with Crippen LogP contribution in [0.1, 0.15) is 0 Å². The van der Waals surface area contributed by atoms with Crippen LogP contribution in [0.15, 0.2) is 0 Å². The van der Waals surface area contributed by atoms with E-state index in [4.69, 9.17) is 12.2 Å². The third-order valence-corrected chi connectivity index (χ3v) is 0. The summed E-state index contributed by atoms with van der Waals surface area (Å²) < 4.78 is 23.1. The van der Waals surface area contributed by atoms with Crippen molar-refractivity contribution < 1.29 is 12.2 Å². The molecule has 0 amide bonds. The van der Waals surface area contributed by atoms with Crippen LogP contribution < -0.4 is 0 Å². The van der Waals surface area contributed by atoms with Crippen LogP contribution in [0, 0.1) is 0 Å². The summed E-state index contributed by atoms with van der Waals surface area (Å²) >= 11 is -3.29. The van der Waals surface area contributed by atoms with Crippen LogP contribution in [0.2, 0.25) is 0 Å². The molecule has 0 aliphatic heterocycles. The Hall–Kier alpha value is 2.69. The van der Waals surface area contributed by atoms with Crippen LogP contribution >= 0.6 is 0 Å². The van der Waals surface area contributed by atoms with Crippen LogP contribution in [0.3, 0.4) is 0 Å². The maximum atomic E-state index is 8.76. The number of hydrogen-bond acceptors (Lipinski definition) is 1. The first-order valence-corrected chi connectivity index (χ1v) is 2.76. The first-order chi connectivity index (χ1) is 1.73. The molecule has 0 aliphatic carbocycles. The number of hydrogen-bond donors (Lipinski definition) is 2. The van der Waals surface area contributed by atoms with Gasteiger partial charge in [-0.2, -0.15) is 0 Å². The molecular formula is H6KO3SbSe. The predicted octanol–water partition coefficient (Wildman–Crippen LogP) is -3.45. The molecule has 0 fully saturated rings. The molecule has 2 N–H and O–H groups in total. The summed E-state index contributed by atoms with van der Waals surface area (Å²) in [5, 5.41) is 0. The van der Waals surface area contributed by atoms with Gasteiger partial charge in [-0.1, -0.05) is 0 Å². The molecule has 0 aromatic carbocycles. The molecule has 36 valence electrons. The van der Waals surface area contributed by atoms with Gasteiger partial charge < -0.3 is 0 Å². The number of rotatable bonds is 0. The van der Waals surface area contributed by atoms with E-state index in [9.17, 15) is 0 Å². The molecule has 3 nitrogen and oxygen atoms in total. The molecular weight excluding hydrogens is 288 g/mol. The molecule has 0 unspecified atom stereocenters. The van der Waals surface area contributed by atoms with Gasteiger partial charge in [-0.25, -0.2) is 0 Å². The van der Waals surface area contributed by atoms with E-state index < -0.39 is 14.5 Å². The Morgan fingerprint density at radius 2 is 1.33 bits per heavy atom. The van der Waals surface area contributed by atoms with Crippen molar-refractivity contribution in [3.05, 3.63) is 0 Å². The molecule has 0 aliphatic rings. The zero-order chi connectivity index (χ0) is 3.58. The Morgan fingerprint density at radius 3 is 1.33 bits per heavy atom. The first kappa shape index (κ1) is 15.9. The van der Waals surface area contributed by atoms with Crippen LogP contribution in [0.5, 0.6) is 0 Å². The Morgan fingerprint density at radius 1 is 1.33 bits per heavy atom. The van der Waals surface area contributed by atoms with Crippen molar-refractivity contribution in [1.29, 1.82) is 0 Å². The van der Waals surface area contributed by atoms with Gasteiger partial charge in [0.25, 0.3) is 0 Å². The second-order valence-electron chi connectivity index (χ2n) is 0.231. The van der Waals surface area contributed by atoms with E-state index in [1.54, 1.807) is 0 Å². The standard InChI is InChI=1S/K.H2O3Se.Sb.4H/c;1-4(2)3;;;;;/h;(H2,1,2,3);;;;;. The quantitative estimate of drug-likeness (QED) is 0.457. The SMILES string of the molecule is O=[Se](O)O.[KH].[SbH3]. The van der Waals surface area contributed by atoms with Gasteiger partial charge in [0.2, 0.25) is 0 Å². The van der Waals surface area contributed by atoms with E-state index in [0.717, 1.165) is 0 Å². The molecule has 0 spiro atoms. The Labute approximate surface area is 100 Å². The minimum absolute atomic E-state index is 0. The van der Waals surface area contributed by atoms with Crippen LogP contribution in [-0.2, 0) is 3.83 Å². The van der Waals surface area contributed by atoms with Crippen molar-refractivity contribution in [3.8, 4) is 0 Å². The van der Waals surface area contributed by atoms with Crippen molar-refractivity contribution in [3.63, 3.8) is 0 Å². The topological polar surface area (TPSA) is 57.5 Å². The third kappa shape index (κ3) is 29.9. The zero-order valence-electron chi connectivity index (χ0n) is 2.42. The zero-order valence-corrected chi connectivity index (χ0v) is 8.17. The van der Waals surface area contributed by atoms with E-state index in [-0.39, 0.29) is 75.8 Å². The van der Waals surface area contributed by atoms with E-state index in [1.165, 1.54) is 0 Å². The Kier molecular flexibility index (Phi) is 28.1. The second-order valence-corrected chi connectivity index (χ2v) is 1.20. The Balaban J connectivity index is -0.0000000450. The molecule has 0 saturated carbocycles. The normalized spacial score (nSPS) is 5.83. The summed E-state index contributed by atoms with van der Waals surface area (Å²) in [6.45, 7) is 0. The fourth-order valence-corrected chi connectivity index (χ4v) is 0. The van der Waals surface area contributed by atoms with Gasteiger partial charge in [0.1, 0.15) is 0 Å². The van der Waals surface area contributed by atoms with Crippen LogP contribution in [0.4, 0.5) is 0 Å². The van der Waals surface area contributed by atoms with Gasteiger partial charge in [0.15, 0.2) is 0 Å². The van der Waals surface area contributed by atoms with Crippen molar-refractivity contribution in [2.24, 2.45) is 0 Å². The average molecular weight is 294 g/mol. The second kappa shape index (κ2) is 10.6. The van der Waals surface area contributed by atoms with Gasteiger partial charge in [0.05, 0.1) is 0 Å². The van der Waals surface area contributed by atoms with E-state index >= 15 is 0 Å². The predicted molar refractivity (Wildman–Crippen MR) is 28.0 cm³/mol. The fourth-order valence-electron chi connectivity index (χ4n) is 0. The molecule has 0 saturated heterocycles. The average Bonchev–Trinajstić information content (AvgIpc) is 0.811. The summed E-state index contributed by atoms with van der Waals surface area (Å²) in [6.07, 6.45) is 0. The molecule has 0 heterocycles. The first-order valence-electron chi connectivity index (χ1n) is 0.532.